The van der Waals surface area contributed by atoms with Crippen LogP contribution in [0, 0.1) is 0 Å². The van der Waals surface area contributed by atoms with E-state index in [-0.39, 0.29) is 0 Å². The van der Waals surface area contributed by atoms with E-state index >= 15 is 0 Å². The average Bonchev–Trinajstić information content (AvgIpc) is 3.00. The topological polar surface area (TPSA) is 41.8 Å². The normalized spacial score (nSPS) is 12.0. The van der Waals surface area contributed by atoms with Gasteiger partial charge in [0.25, 0.3) is 0 Å². The Labute approximate surface area is 151 Å². The van der Waals surface area contributed by atoms with Crippen LogP contribution in [0.2, 0.25) is 0 Å². The van der Waals surface area contributed by atoms with Crippen molar-refractivity contribution in [2.75, 3.05) is 6.54 Å². The van der Waals surface area contributed by atoms with Crippen LogP contribution in [0.25, 0.3) is 22.2 Å². The van der Waals surface area contributed by atoms with Crippen molar-refractivity contribution in [3.05, 3.63) is 59.2 Å². The summed E-state index contributed by atoms with van der Waals surface area (Å²) < 4.78 is 38.6. The Morgan fingerprint density at radius 1 is 1.00 bits per heavy atom. The van der Waals surface area contributed by atoms with Crippen molar-refractivity contribution in [1.82, 2.24) is 4.98 Å². The van der Waals surface area contributed by atoms with Gasteiger partial charge in [-0.1, -0.05) is 37.3 Å². The zero-order valence-electron chi connectivity index (χ0n) is 14.8. The summed E-state index contributed by atoms with van der Waals surface area (Å²) in [5.74, 6) is 0. The molecule has 5 heteroatoms. The number of nitrogens with one attached hydrogen (secondary N) is 1. The zero-order valence-corrected chi connectivity index (χ0v) is 14.8. The van der Waals surface area contributed by atoms with Gasteiger partial charge in [-0.05, 0) is 61.1 Å². The zero-order chi connectivity index (χ0) is 18.7. The maximum Gasteiger partial charge on any atom is 0.416 e. The number of nitrogens with two attached hydrogens (primary N) is 1. The number of alkyl halides is 3. The first-order chi connectivity index (χ1) is 12.5. The molecule has 1 aromatic heterocycles. The lowest BCUT2D eigenvalue weighted by molar-refractivity contribution is -0.137. The SMILES string of the molecule is CCc1cccc2c(CCCCN)c(-c3ccc(C(F)(F)F)cc3)[nH]c12. The van der Waals surface area contributed by atoms with E-state index in [2.05, 4.69) is 24.0 Å². The van der Waals surface area contributed by atoms with Gasteiger partial charge in [-0.2, -0.15) is 13.2 Å². The van der Waals surface area contributed by atoms with Crippen molar-refractivity contribution in [1.29, 1.82) is 0 Å². The Hall–Kier alpha value is -2.27. The van der Waals surface area contributed by atoms with Crippen LogP contribution in [0.1, 0.15) is 36.5 Å². The summed E-state index contributed by atoms with van der Waals surface area (Å²) >= 11 is 0. The molecule has 26 heavy (non-hydrogen) atoms. The Morgan fingerprint density at radius 2 is 1.73 bits per heavy atom. The number of rotatable bonds is 6. The van der Waals surface area contributed by atoms with Crippen LogP contribution in [0.5, 0.6) is 0 Å². The maximum absolute atomic E-state index is 12.9. The third kappa shape index (κ3) is 3.63. The van der Waals surface area contributed by atoms with Crippen molar-refractivity contribution in [3.8, 4) is 11.3 Å². The van der Waals surface area contributed by atoms with Crippen LogP contribution in [0.4, 0.5) is 13.2 Å². The lowest BCUT2D eigenvalue weighted by Gasteiger charge is -2.09. The van der Waals surface area contributed by atoms with Crippen molar-refractivity contribution < 1.29 is 13.2 Å². The summed E-state index contributed by atoms with van der Waals surface area (Å²) in [4.78, 5) is 3.47. The molecular formula is C21H23F3N2. The number of unbranched alkanes of at least 4 members (excludes halogenated alkanes) is 1. The average molecular weight is 360 g/mol. The minimum absolute atomic E-state index is 0.628. The number of hydrogen-bond donors (Lipinski definition) is 2. The molecule has 0 aliphatic carbocycles. The molecule has 2 aromatic carbocycles. The van der Waals surface area contributed by atoms with Crippen LogP contribution in [-0.4, -0.2) is 11.5 Å². The minimum atomic E-state index is -4.32. The van der Waals surface area contributed by atoms with Crippen LogP contribution in [0.15, 0.2) is 42.5 Å². The van der Waals surface area contributed by atoms with Crippen LogP contribution >= 0.6 is 0 Å². The fourth-order valence-electron chi connectivity index (χ4n) is 3.41. The summed E-state index contributed by atoms with van der Waals surface area (Å²) in [5.41, 5.74) is 10.1. The highest BCUT2D eigenvalue weighted by molar-refractivity contribution is 5.92. The highest BCUT2D eigenvalue weighted by atomic mass is 19.4. The van der Waals surface area contributed by atoms with Gasteiger partial charge < -0.3 is 10.7 Å². The van der Waals surface area contributed by atoms with Crippen molar-refractivity contribution in [2.45, 2.75) is 38.8 Å². The second-order valence-electron chi connectivity index (χ2n) is 6.49. The number of aryl methyl sites for hydroxylation is 2. The summed E-state index contributed by atoms with van der Waals surface area (Å²) in [6, 6.07) is 11.6. The predicted octanol–water partition coefficient (Wildman–Crippen LogP) is 5.70. The van der Waals surface area contributed by atoms with E-state index in [1.807, 2.05) is 6.07 Å². The highest BCUT2D eigenvalue weighted by Gasteiger charge is 2.30. The monoisotopic (exact) mass is 360 g/mol. The molecule has 0 aliphatic heterocycles. The fourth-order valence-corrected chi connectivity index (χ4v) is 3.41. The van der Waals surface area contributed by atoms with Crippen LogP contribution < -0.4 is 5.73 Å². The number of benzene rings is 2. The predicted molar refractivity (Wildman–Crippen MR) is 100 cm³/mol. The molecule has 0 unspecified atom stereocenters. The molecule has 0 fully saturated rings. The quantitative estimate of drug-likeness (QED) is 0.544. The van der Waals surface area contributed by atoms with E-state index in [9.17, 15) is 13.2 Å². The molecular weight excluding hydrogens is 337 g/mol. The molecule has 0 saturated carbocycles. The molecule has 0 radical (unpaired) electrons. The summed E-state index contributed by atoms with van der Waals surface area (Å²) in [7, 11) is 0. The van der Waals surface area contributed by atoms with Crippen LogP contribution in [-0.2, 0) is 19.0 Å². The molecule has 1 heterocycles. The van der Waals surface area contributed by atoms with Gasteiger partial charge in [-0.25, -0.2) is 0 Å². The Balaban J connectivity index is 2.10. The van der Waals surface area contributed by atoms with Gasteiger partial charge in [-0.15, -0.1) is 0 Å². The molecule has 0 saturated heterocycles. The molecule has 0 amide bonds. The first-order valence-corrected chi connectivity index (χ1v) is 8.95. The molecule has 3 aromatic rings. The van der Waals surface area contributed by atoms with Gasteiger partial charge in [0.15, 0.2) is 0 Å². The second-order valence-corrected chi connectivity index (χ2v) is 6.49. The summed E-state index contributed by atoms with van der Waals surface area (Å²) in [6.45, 7) is 2.74. The van der Waals surface area contributed by atoms with E-state index in [1.165, 1.54) is 5.56 Å². The molecule has 0 bridgehead atoms. The first-order valence-electron chi connectivity index (χ1n) is 8.95. The minimum Gasteiger partial charge on any atom is -0.354 e. The Kier molecular flexibility index (Phi) is 5.37. The third-order valence-corrected chi connectivity index (χ3v) is 4.79. The smallest absolute Gasteiger partial charge is 0.354 e. The van der Waals surface area contributed by atoms with Gasteiger partial charge >= 0.3 is 6.18 Å². The van der Waals surface area contributed by atoms with Crippen LogP contribution in [0.3, 0.4) is 0 Å². The number of H-pyrrole nitrogens is 1. The lowest BCUT2D eigenvalue weighted by Crippen LogP contribution is -2.04. The van der Waals surface area contributed by atoms with Crippen molar-refractivity contribution >= 4 is 10.9 Å². The summed E-state index contributed by atoms with van der Waals surface area (Å²) in [6.07, 6.45) is -0.703. The molecule has 0 aliphatic rings. The number of para-hydroxylation sites is 1. The van der Waals surface area contributed by atoms with Gasteiger partial charge in [0, 0.05) is 16.6 Å². The van der Waals surface area contributed by atoms with Crippen molar-refractivity contribution in [2.24, 2.45) is 5.73 Å². The fraction of sp³-hybridized carbons (Fsp3) is 0.333. The Bertz CT molecular complexity index is 877. The number of aromatic nitrogens is 1. The second kappa shape index (κ2) is 7.54. The van der Waals surface area contributed by atoms with Gasteiger partial charge in [0.05, 0.1) is 5.56 Å². The molecule has 0 spiro atoms. The number of aromatic amines is 1. The van der Waals surface area contributed by atoms with E-state index in [0.717, 1.165) is 65.5 Å². The summed E-state index contributed by atoms with van der Waals surface area (Å²) in [5, 5.41) is 1.15. The molecule has 2 nitrogen and oxygen atoms in total. The molecule has 138 valence electrons. The number of fused-ring (bicyclic) bond motifs is 1. The molecule has 0 atom stereocenters. The van der Waals surface area contributed by atoms with Gasteiger partial charge in [0.2, 0.25) is 0 Å². The number of hydrogen-bond acceptors (Lipinski definition) is 1. The third-order valence-electron chi connectivity index (χ3n) is 4.79. The van der Waals surface area contributed by atoms with E-state index in [0.29, 0.717) is 6.54 Å². The Morgan fingerprint density at radius 3 is 2.35 bits per heavy atom. The molecule has 3 rings (SSSR count). The lowest BCUT2D eigenvalue weighted by atomic mass is 9.98. The first kappa shape index (κ1) is 18.5. The van der Waals surface area contributed by atoms with E-state index in [4.69, 9.17) is 5.73 Å². The van der Waals surface area contributed by atoms with E-state index < -0.39 is 11.7 Å². The maximum atomic E-state index is 12.9. The van der Waals surface area contributed by atoms with Gasteiger partial charge in [0.1, 0.15) is 0 Å². The molecule has 3 N–H and O–H groups in total. The standard InChI is InChI=1S/C21H23F3N2/c1-2-14-6-5-8-18-17(7-3-4-13-25)20(26-19(14)18)15-9-11-16(12-10-15)21(22,23)24/h5-6,8-12,26H,2-4,7,13,25H2,1H3. The largest absolute Gasteiger partial charge is 0.416 e. The van der Waals surface area contributed by atoms with Gasteiger partial charge in [-0.3, -0.25) is 0 Å². The van der Waals surface area contributed by atoms with E-state index in [1.54, 1.807) is 12.1 Å². The number of halogens is 3. The van der Waals surface area contributed by atoms with Crippen molar-refractivity contribution in [3.63, 3.8) is 0 Å². The highest BCUT2D eigenvalue weighted by Crippen LogP contribution is 2.35.